The van der Waals surface area contributed by atoms with E-state index in [4.69, 9.17) is 4.42 Å². The van der Waals surface area contributed by atoms with Gasteiger partial charge in [0.25, 0.3) is 5.91 Å². The van der Waals surface area contributed by atoms with Crippen LogP contribution in [0.5, 0.6) is 0 Å². The molecule has 4 bridgehead atoms. The number of furan rings is 1. The highest BCUT2D eigenvalue weighted by molar-refractivity contribution is 6.04. The number of nitrogens with one attached hydrogen (secondary N) is 1. The summed E-state index contributed by atoms with van der Waals surface area (Å²) in [6.07, 6.45) is 9.90. The molecular weight excluding hydrogens is 414 g/mol. The fourth-order valence-electron chi connectivity index (χ4n) is 7.22. The fraction of sp³-hybridized carbons (Fsp3) is 0.556. The van der Waals surface area contributed by atoms with Gasteiger partial charge in [0.05, 0.1) is 30.6 Å². The molecule has 176 valence electrons. The van der Waals surface area contributed by atoms with Gasteiger partial charge in [0.15, 0.2) is 0 Å². The van der Waals surface area contributed by atoms with Crippen LogP contribution in [-0.2, 0) is 11.3 Å². The van der Waals surface area contributed by atoms with E-state index in [-0.39, 0.29) is 11.8 Å². The highest BCUT2D eigenvalue weighted by atomic mass is 16.3. The summed E-state index contributed by atoms with van der Waals surface area (Å²) in [5.74, 6) is 3.22. The molecule has 0 unspecified atom stereocenters. The van der Waals surface area contributed by atoms with E-state index in [1.165, 1.54) is 38.5 Å². The van der Waals surface area contributed by atoms with Gasteiger partial charge < -0.3 is 14.6 Å². The topological polar surface area (TPSA) is 65.8 Å². The summed E-state index contributed by atoms with van der Waals surface area (Å²) >= 11 is 0. The highest BCUT2D eigenvalue weighted by Crippen LogP contribution is 2.60. The van der Waals surface area contributed by atoms with Crippen LogP contribution in [0.1, 0.15) is 54.6 Å². The Morgan fingerprint density at radius 3 is 2.30 bits per heavy atom. The molecule has 1 aromatic heterocycles. The average Bonchev–Trinajstić information content (AvgIpc) is 3.29. The molecule has 0 saturated heterocycles. The fourth-order valence-corrected chi connectivity index (χ4v) is 7.22. The molecule has 33 heavy (non-hydrogen) atoms. The first-order valence-corrected chi connectivity index (χ1v) is 12.3. The van der Waals surface area contributed by atoms with Crippen LogP contribution in [0.2, 0.25) is 0 Å². The lowest BCUT2D eigenvalue weighted by atomic mass is 9.49. The van der Waals surface area contributed by atoms with Crippen LogP contribution in [0.15, 0.2) is 47.1 Å². The molecule has 0 atom stereocenters. The van der Waals surface area contributed by atoms with Crippen LogP contribution in [0.3, 0.4) is 0 Å². The molecule has 4 saturated carbocycles. The van der Waals surface area contributed by atoms with Crippen molar-refractivity contribution in [3.63, 3.8) is 0 Å². The van der Waals surface area contributed by atoms with Crippen LogP contribution >= 0.6 is 0 Å². The van der Waals surface area contributed by atoms with E-state index >= 15 is 0 Å². The number of likely N-dealkylation sites (N-methyl/N-ethyl adjacent to an activating group) is 2. The van der Waals surface area contributed by atoms with E-state index in [0.717, 1.165) is 24.3 Å². The van der Waals surface area contributed by atoms with Crippen molar-refractivity contribution in [1.29, 1.82) is 0 Å². The second-order valence-electron chi connectivity index (χ2n) is 10.8. The lowest BCUT2D eigenvalue weighted by molar-refractivity contribution is -0.120. The maximum atomic E-state index is 13.2. The van der Waals surface area contributed by atoms with Crippen LogP contribution in [0.4, 0.5) is 5.69 Å². The van der Waals surface area contributed by atoms with Gasteiger partial charge in [0.2, 0.25) is 5.91 Å². The minimum absolute atomic E-state index is 0.00788. The smallest absolute Gasteiger partial charge is 0.253 e. The number of carbonyl (C=O) groups excluding carboxylic acids is 2. The molecule has 6 heteroatoms. The first kappa shape index (κ1) is 22.2. The van der Waals surface area contributed by atoms with Gasteiger partial charge in [-0.1, -0.05) is 12.1 Å². The summed E-state index contributed by atoms with van der Waals surface area (Å²) in [5, 5.41) is 2.88. The summed E-state index contributed by atoms with van der Waals surface area (Å²) in [7, 11) is 3.84. The number of para-hydroxylation sites is 1. The minimum Gasteiger partial charge on any atom is -0.467 e. The molecular formula is C27H35N3O3. The van der Waals surface area contributed by atoms with Gasteiger partial charge in [-0.2, -0.15) is 0 Å². The molecule has 1 heterocycles. The molecule has 4 aliphatic rings. The lowest BCUT2D eigenvalue weighted by Crippen LogP contribution is -2.51. The molecule has 6 nitrogen and oxygen atoms in total. The molecule has 1 N–H and O–H groups in total. The minimum atomic E-state index is -0.219. The molecule has 2 aromatic rings. The van der Waals surface area contributed by atoms with Crippen LogP contribution in [0.25, 0.3) is 0 Å². The first-order chi connectivity index (χ1) is 15.9. The number of benzene rings is 1. The van der Waals surface area contributed by atoms with Crippen molar-refractivity contribution in [2.45, 2.75) is 45.1 Å². The Labute approximate surface area is 196 Å². The second-order valence-corrected chi connectivity index (χ2v) is 10.8. The maximum absolute atomic E-state index is 13.2. The van der Waals surface area contributed by atoms with Gasteiger partial charge in [-0.3, -0.25) is 14.5 Å². The first-order valence-electron chi connectivity index (χ1n) is 12.3. The van der Waals surface area contributed by atoms with Crippen molar-refractivity contribution >= 4 is 17.5 Å². The molecule has 6 rings (SSSR count). The van der Waals surface area contributed by atoms with Crippen LogP contribution < -0.4 is 10.2 Å². The Kier molecular flexibility index (Phi) is 6.04. The molecule has 4 fully saturated rings. The van der Waals surface area contributed by atoms with Gasteiger partial charge >= 0.3 is 0 Å². The van der Waals surface area contributed by atoms with Crippen molar-refractivity contribution in [2.75, 3.05) is 32.1 Å². The molecule has 0 spiro atoms. The Bertz CT molecular complexity index is 965. The second kappa shape index (κ2) is 8.98. The molecule has 1 aromatic carbocycles. The molecule has 2 amide bonds. The molecule has 0 aliphatic heterocycles. The van der Waals surface area contributed by atoms with Crippen molar-refractivity contribution < 1.29 is 14.0 Å². The normalized spacial score (nSPS) is 27.7. The summed E-state index contributed by atoms with van der Waals surface area (Å²) in [6, 6.07) is 10.9. The predicted molar refractivity (Wildman–Crippen MR) is 128 cm³/mol. The third-order valence-electron chi connectivity index (χ3n) is 8.06. The van der Waals surface area contributed by atoms with Gasteiger partial charge in [-0.15, -0.1) is 0 Å². The van der Waals surface area contributed by atoms with E-state index in [1.54, 1.807) is 30.3 Å². The lowest BCUT2D eigenvalue weighted by Gasteiger charge is -2.57. The number of hydrogen-bond donors (Lipinski definition) is 1. The standard InChI is InChI=1S/C27H35N3O3/c1-29(18-27-13-19-10-20(14-27)12-21(11-19)15-27)17-25(31)30(2)24-8-4-3-7-23(24)26(32)28-16-22-6-5-9-33-22/h3-9,19-21H,10-18H2,1-2H3,(H,28,32). The number of anilines is 1. The summed E-state index contributed by atoms with van der Waals surface area (Å²) < 4.78 is 5.29. The number of amides is 2. The number of hydrogen-bond acceptors (Lipinski definition) is 4. The van der Waals surface area contributed by atoms with E-state index in [0.29, 0.717) is 35.5 Å². The maximum Gasteiger partial charge on any atom is 0.253 e. The number of rotatable bonds is 8. The Morgan fingerprint density at radius 1 is 1.00 bits per heavy atom. The van der Waals surface area contributed by atoms with E-state index < -0.39 is 0 Å². The van der Waals surface area contributed by atoms with Crippen LogP contribution in [-0.4, -0.2) is 43.9 Å². The zero-order chi connectivity index (χ0) is 23.0. The zero-order valence-corrected chi connectivity index (χ0v) is 19.8. The number of carbonyl (C=O) groups is 2. The van der Waals surface area contributed by atoms with Crippen molar-refractivity contribution in [2.24, 2.45) is 23.2 Å². The zero-order valence-electron chi connectivity index (χ0n) is 19.8. The van der Waals surface area contributed by atoms with Crippen molar-refractivity contribution in [1.82, 2.24) is 10.2 Å². The van der Waals surface area contributed by atoms with Crippen LogP contribution in [0, 0.1) is 23.2 Å². The van der Waals surface area contributed by atoms with Crippen molar-refractivity contribution in [3.8, 4) is 0 Å². The third kappa shape index (κ3) is 4.72. The predicted octanol–water partition coefficient (Wildman–Crippen LogP) is 4.32. The highest BCUT2D eigenvalue weighted by Gasteiger charge is 2.51. The van der Waals surface area contributed by atoms with Gasteiger partial charge in [-0.05, 0) is 93.0 Å². The third-order valence-corrected chi connectivity index (χ3v) is 8.06. The van der Waals surface area contributed by atoms with E-state index in [2.05, 4.69) is 17.3 Å². The Hall–Kier alpha value is -2.60. The van der Waals surface area contributed by atoms with Crippen molar-refractivity contribution in [3.05, 3.63) is 54.0 Å². The van der Waals surface area contributed by atoms with E-state index in [9.17, 15) is 9.59 Å². The van der Waals surface area contributed by atoms with E-state index in [1.807, 2.05) is 24.3 Å². The Morgan fingerprint density at radius 2 is 1.67 bits per heavy atom. The average molecular weight is 450 g/mol. The SMILES string of the molecule is CN(CC(=O)N(C)c1ccccc1C(=O)NCc1ccco1)CC12CC3CC(CC(C3)C1)C2. The summed E-state index contributed by atoms with van der Waals surface area (Å²) in [5.41, 5.74) is 1.53. The largest absolute Gasteiger partial charge is 0.467 e. The monoisotopic (exact) mass is 449 g/mol. The van der Waals surface area contributed by atoms with Gasteiger partial charge in [0, 0.05) is 13.6 Å². The summed E-state index contributed by atoms with van der Waals surface area (Å²) in [6.45, 7) is 1.67. The Balaban J connectivity index is 1.21. The molecule has 4 aliphatic carbocycles. The quantitative estimate of drug-likeness (QED) is 0.652. The van der Waals surface area contributed by atoms with Gasteiger partial charge in [-0.25, -0.2) is 0 Å². The van der Waals surface area contributed by atoms with Gasteiger partial charge in [0.1, 0.15) is 5.76 Å². The summed E-state index contributed by atoms with van der Waals surface area (Å²) in [4.78, 5) is 29.9. The molecule has 0 radical (unpaired) electrons. The number of nitrogens with zero attached hydrogens (tertiary/aromatic N) is 2.